The lowest BCUT2D eigenvalue weighted by atomic mass is 10.00. The van der Waals surface area contributed by atoms with Gasteiger partial charge in [0, 0.05) is 23.5 Å². The highest BCUT2D eigenvalue weighted by atomic mass is 16.2. The van der Waals surface area contributed by atoms with Crippen molar-refractivity contribution in [2.45, 2.75) is 6.92 Å². The first-order valence-electron chi connectivity index (χ1n) is 6.95. The first-order valence-corrected chi connectivity index (χ1v) is 6.95. The van der Waals surface area contributed by atoms with Gasteiger partial charge in [-0.2, -0.15) is 0 Å². The van der Waals surface area contributed by atoms with Crippen molar-refractivity contribution < 1.29 is 4.79 Å². The molecule has 106 valence electrons. The standard InChI is InChI=1S/C17H17N3O/c1-2-19-16(11-6-4-3-5-7-11)15-13-10-12(18)8-9-14(13)20-17(15)21/h3-10,19H,2,18H2,1H3,(H,20,21). The van der Waals surface area contributed by atoms with Crippen molar-refractivity contribution in [2.75, 3.05) is 17.6 Å². The van der Waals surface area contributed by atoms with E-state index in [2.05, 4.69) is 10.6 Å². The molecule has 0 aromatic heterocycles. The third-order valence-corrected chi connectivity index (χ3v) is 3.45. The topological polar surface area (TPSA) is 67.2 Å². The predicted molar refractivity (Wildman–Crippen MR) is 86.4 cm³/mol. The average Bonchev–Trinajstić information content (AvgIpc) is 2.81. The van der Waals surface area contributed by atoms with Gasteiger partial charge in [-0.25, -0.2) is 0 Å². The third-order valence-electron chi connectivity index (χ3n) is 3.45. The minimum atomic E-state index is -0.101. The van der Waals surface area contributed by atoms with Crippen LogP contribution in [-0.4, -0.2) is 12.5 Å². The van der Waals surface area contributed by atoms with E-state index in [9.17, 15) is 4.79 Å². The van der Waals surface area contributed by atoms with Crippen LogP contribution in [0.5, 0.6) is 0 Å². The Morgan fingerprint density at radius 1 is 1.19 bits per heavy atom. The summed E-state index contributed by atoms with van der Waals surface area (Å²) in [5, 5.41) is 6.20. The van der Waals surface area contributed by atoms with Crippen LogP contribution in [0.3, 0.4) is 0 Å². The molecule has 1 heterocycles. The molecular formula is C17H17N3O. The van der Waals surface area contributed by atoms with Crippen LogP contribution in [0.15, 0.2) is 48.5 Å². The van der Waals surface area contributed by atoms with E-state index >= 15 is 0 Å². The fourth-order valence-electron chi connectivity index (χ4n) is 2.55. The molecule has 1 aliphatic heterocycles. The Morgan fingerprint density at radius 2 is 1.95 bits per heavy atom. The number of fused-ring (bicyclic) bond motifs is 1. The quantitative estimate of drug-likeness (QED) is 0.598. The van der Waals surface area contributed by atoms with Crippen LogP contribution in [0, 0.1) is 0 Å². The minimum Gasteiger partial charge on any atom is -0.399 e. The average molecular weight is 279 g/mol. The van der Waals surface area contributed by atoms with Gasteiger partial charge in [-0.1, -0.05) is 30.3 Å². The summed E-state index contributed by atoms with van der Waals surface area (Å²) in [5.74, 6) is -0.101. The third kappa shape index (κ3) is 2.36. The van der Waals surface area contributed by atoms with E-state index in [0.29, 0.717) is 11.3 Å². The molecule has 21 heavy (non-hydrogen) atoms. The summed E-state index contributed by atoms with van der Waals surface area (Å²) < 4.78 is 0. The van der Waals surface area contributed by atoms with Gasteiger partial charge in [-0.05, 0) is 30.7 Å². The molecule has 1 amide bonds. The lowest BCUT2D eigenvalue weighted by Gasteiger charge is -2.13. The van der Waals surface area contributed by atoms with E-state index in [1.54, 1.807) is 6.07 Å². The summed E-state index contributed by atoms with van der Waals surface area (Å²) in [4.78, 5) is 12.4. The van der Waals surface area contributed by atoms with E-state index in [-0.39, 0.29) is 5.91 Å². The van der Waals surface area contributed by atoms with Gasteiger partial charge >= 0.3 is 0 Å². The van der Waals surface area contributed by atoms with Crippen molar-refractivity contribution in [1.29, 1.82) is 0 Å². The van der Waals surface area contributed by atoms with Crippen molar-refractivity contribution in [3.05, 3.63) is 59.7 Å². The SMILES string of the molecule is CCNC(=C1C(=O)Nc2ccc(N)cc21)c1ccccc1. The van der Waals surface area contributed by atoms with Gasteiger partial charge < -0.3 is 16.4 Å². The van der Waals surface area contributed by atoms with Gasteiger partial charge in [-0.3, -0.25) is 4.79 Å². The van der Waals surface area contributed by atoms with Gasteiger partial charge in [0.15, 0.2) is 0 Å². The van der Waals surface area contributed by atoms with Crippen LogP contribution >= 0.6 is 0 Å². The van der Waals surface area contributed by atoms with Crippen molar-refractivity contribution in [3.8, 4) is 0 Å². The smallest absolute Gasteiger partial charge is 0.258 e. The summed E-state index contributed by atoms with van der Waals surface area (Å²) in [5.41, 5.74) is 10.6. The Balaban J connectivity index is 2.23. The van der Waals surface area contributed by atoms with Crippen LogP contribution in [-0.2, 0) is 4.79 Å². The summed E-state index contributed by atoms with van der Waals surface area (Å²) in [6, 6.07) is 15.3. The summed E-state index contributed by atoms with van der Waals surface area (Å²) in [6.07, 6.45) is 0. The van der Waals surface area contributed by atoms with Crippen molar-refractivity contribution in [3.63, 3.8) is 0 Å². The van der Waals surface area contributed by atoms with E-state index < -0.39 is 0 Å². The molecule has 3 rings (SSSR count). The number of hydrogen-bond acceptors (Lipinski definition) is 3. The Labute approximate surface area is 123 Å². The fraction of sp³-hybridized carbons (Fsp3) is 0.118. The molecule has 0 aliphatic carbocycles. The molecule has 4 N–H and O–H groups in total. The molecule has 2 aromatic carbocycles. The van der Waals surface area contributed by atoms with Gasteiger partial charge in [-0.15, -0.1) is 0 Å². The molecule has 4 nitrogen and oxygen atoms in total. The molecule has 0 saturated heterocycles. The van der Waals surface area contributed by atoms with Gasteiger partial charge in [0.2, 0.25) is 0 Å². The number of nitrogen functional groups attached to an aromatic ring is 1. The van der Waals surface area contributed by atoms with E-state index in [1.165, 1.54) is 0 Å². The lowest BCUT2D eigenvalue weighted by molar-refractivity contribution is -0.110. The largest absolute Gasteiger partial charge is 0.399 e. The molecular weight excluding hydrogens is 262 g/mol. The number of nitrogens with two attached hydrogens (primary N) is 1. The Hall–Kier alpha value is -2.75. The second-order valence-corrected chi connectivity index (χ2v) is 4.91. The molecule has 0 spiro atoms. The second-order valence-electron chi connectivity index (χ2n) is 4.91. The van der Waals surface area contributed by atoms with Crippen LogP contribution in [0.25, 0.3) is 11.3 Å². The zero-order valence-corrected chi connectivity index (χ0v) is 11.8. The number of nitrogens with one attached hydrogen (secondary N) is 2. The highest BCUT2D eigenvalue weighted by Crippen LogP contribution is 2.37. The van der Waals surface area contributed by atoms with Crippen LogP contribution in [0.2, 0.25) is 0 Å². The van der Waals surface area contributed by atoms with Gasteiger partial charge in [0.05, 0.1) is 11.3 Å². The molecule has 0 bridgehead atoms. The Morgan fingerprint density at radius 3 is 2.67 bits per heavy atom. The fourth-order valence-corrected chi connectivity index (χ4v) is 2.55. The van der Waals surface area contributed by atoms with Gasteiger partial charge in [0.1, 0.15) is 0 Å². The molecule has 0 radical (unpaired) electrons. The van der Waals surface area contributed by atoms with Crippen LogP contribution in [0.1, 0.15) is 18.1 Å². The number of carbonyl (C=O) groups excluding carboxylic acids is 1. The van der Waals surface area contributed by atoms with Crippen LogP contribution < -0.4 is 16.4 Å². The molecule has 0 saturated carbocycles. The maximum absolute atomic E-state index is 12.4. The van der Waals surface area contributed by atoms with Gasteiger partial charge in [0.25, 0.3) is 5.91 Å². The highest BCUT2D eigenvalue weighted by Gasteiger charge is 2.28. The predicted octanol–water partition coefficient (Wildman–Crippen LogP) is 2.70. The van der Waals surface area contributed by atoms with E-state index in [4.69, 9.17) is 5.73 Å². The summed E-state index contributed by atoms with van der Waals surface area (Å²) >= 11 is 0. The van der Waals surface area contributed by atoms with E-state index in [1.807, 2.05) is 49.4 Å². The minimum absolute atomic E-state index is 0.101. The first-order chi connectivity index (χ1) is 10.2. The summed E-state index contributed by atoms with van der Waals surface area (Å²) in [7, 11) is 0. The second kappa shape index (κ2) is 5.32. The first kappa shape index (κ1) is 13.2. The molecule has 0 unspecified atom stereocenters. The van der Waals surface area contributed by atoms with Crippen LogP contribution in [0.4, 0.5) is 11.4 Å². The van der Waals surface area contributed by atoms with E-state index in [0.717, 1.165) is 29.1 Å². The molecule has 4 heteroatoms. The monoisotopic (exact) mass is 279 g/mol. The maximum atomic E-state index is 12.4. The maximum Gasteiger partial charge on any atom is 0.258 e. The number of carbonyl (C=O) groups is 1. The number of hydrogen-bond donors (Lipinski definition) is 3. The van der Waals surface area contributed by atoms with Crippen molar-refractivity contribution in [1.82, 2.24) is 5.32 Å². The summed E-state index contributed by atoms with van der Waals surface area (Å²) in [6.45, 7) is 2.75. The molecule has 0 atom stereocenters. The molecule has 0 fully saturated rings. The number of benzene rings is 2. The molecule has 1 aliphatic rings. The van der Waals surface area contributed by atoms with Crippen molar-refractivity contribution in [2.24, 2.45) is 0 Å². The number of amides is 1. The number of anilines is 2. The highest BCUT2D eigenvalue weighted by molar-refractivity contribution is 6.36. The lowest BCUT2D eigenvalue weighted by Crippen LogP contribution is -2.16. The van der Waals surface area contributed by atoms with Crippen molar-refractivity contribution >= 4 is 28.6 Å². The normalized spacial score (nSPS) is 15.4. The number of rotatable bonds is 3. The zero-order chi connectivity index (χ0) is 14.8. The molecule has 2 aromatic rings. The Bertz CT molecular complexity index is 720. The Kier molecular flexibility index (Phi) is 3.36. The zero-order valence-electron chi connectivity index (χ0n) is 11.8.